The molecular formula is C24H19F3N2O4S. The summed E-state index contributed by atoms with van der Waals surface area (Å²) in [6, 6.07) is 13.1. The predicted molar refractivity (Wildman–Crippen MR) is 116 cm³/mol. The van der Waals surface area contributed by atoms with Crippen molar-refractivity contribution in [1.82, 2.24) is 0 Å². The third-order valence-electron chi connectivity index (χ3n) is 7.06. The largest absolute Gasteiger partial charge is 0.460 e. The number of esters is 1. The summed E-state index contributed by atoms with van der Waals surface area (Å²) in [5.41, 5.74) is -1.36. The number of benzene rings is 2. The minimum absolute atomic E-state index is 0.111. The lowest BCUT2D eigenvalue weighted by Gasteiger charge is -2.32. The molecule has 0 spiro atoms. The molecule has 176 valence electrons. The van der Waals surface area contributed by atoms with E-state index in [9.17, 15) is 26.4 Å². The van der Waals surface area contributed by atoms with E-state index < -0.39 is 49.9 Å². The number of carbonyl (C=O) groups excluding carboxylic acids is 1. The number of fused-ring (bicyclic) bond motifs is 5. The smallest absolute Gasteiger partial charge is 0.417 e. The van der Waals surface area contributed by atoms with Gasteiger partial charge in [-0.1, -0.05) is 42.5 Å². The second kappa shape index (κ2) is 7.60. The molecule has 2 aromatic rings. The molecule has 4 atom stereocenters. The number of sulfonamides is 1. The van der Waals surface area contributed by atoms with Gasteiger partial charge in [0.2, 0.25) is 0 Å². The van der Waals surface area contributed by atoms with Crippen molar-refractivity contribution < 1.29 is 31.1 Å². The summed E-state index contributed by atoms with van der Waals surface area (Å²) in [5, 5.41) is 9.07. The van der Waals surface area contributed by atoms with Crippen LogP contribution in [0.15, 0.2) is 60.7 Å². The molecule has 0 radical (unpaired) electrons. The highest BCUT2D eigenvalue weighted by Crippen LogP contribution is 2.60. The highest BCUT2D eigenvalue weighted by atomic mass is 32.2. The minimum atomic E-state index is -4.84. The average Bonchev–Trinajstić information content (AvgIpc) is 3.47. The molecule has 2 aromatic carbocycles. The zero-order valence-electron chi connectivity index (χ0n) is 17.7. The standard InChI is InChI=1S/C24H19F3N2O4S/c25-24(26,27)20-11-19(9-7-17(20)12-28)29-13-21-16-6-8-18(10-16)23(21,34(29,31)32)22(30)33-14-15-4-2-1-3-5-15/h1-9,11,16,18,21H,10,13-14H2/t16-,18+,21+,23-/m1/s1. The Morgan fingerprint density at radius 1 is 1.18 bits per heavy atom. The number of rotatable bonds is 4. The van der Waals surface area contributed by atoms with Crippen LogP contribution in [0.3, 0.4) is 0 Å². The quantitative estimate of drug-likeness (QED) is 0.479. The van der Waals surface area contributed by atoms with E-state index >= 15 is 0 Å². The Morgan fingerprint density at radius 2 is 1.91 bits per heavy atom. The van der Waals surface area contributed by atoms with E-state index in [-0.39, 0.29) is 24.8 Å². The Labute approximate surface area is 194 Å². The van der Waals surface area contributed by atoms with Crippen molar-refractivity contribution >= 4 is 21.7 Å². The third-order valence-corrected chi connectivity index (χ3v) is 9.63. The SMILES string of the molecule is N#Cc1ccc(N2C[C@H]3[C@@H]4C=C[C@@H](C4)[C@@]3(C(=O)OCc3ccccc3)S2(=O)=O)cc1C(F)(F)F. The van der Waals surface area contributed by atoms with Gasteiger partial charge in [-0.25, -0.2) is 8.42 Å². The van der Waals surface area contributed by atoms with Gasteiger partial charge in [-0.15, -0.1) is 0 Å². The molecule has 1 saturated carbocycles. The average molecular weight is 488 g/mol. The molecule has 1 saturated heterocycles. The topological polar surface area (TPSA) is 87.5 Å². The second-order valence-electron chi connectivity index (χ2n) is 8.73. The zero-order chi connectivity index (χ0) is 24.3. The highest BCUT2D eigenvalue weighted by molar-refractivity contribution is 7.95. The van der Waals surface area contributed by atoms with Gasteiger partial charge >= 0.3 is 12.1 Å². The molecule has 34 heavy (non-hydrogen) atoms. The lowest BCUT2D eigenvalue weighted by atomic mass is 9.82. The van der Waals surface area contributed by atoms with E-state index in [2.05, 4.69) is 0 Å². The van der Waals surface area contributed by atoms with Gasteiger partial charge in [-0.3, -0.25) is 9.10 Å². The molecule has 3 aliphatic rings. The summed E-state index contributed by atoms with van der Waals surface area (Å²) in [7, 11) is -4.44. The van der Waals surface area contributed by atoms with Crippen LogP contribution in [0.2, 0.25) is 0 Å². The summed E-state index contributed by atoms with van der Waals surface area (Å²) < 4.78 is 72.9. The summed E-state index contributed by atoms with van der Waals surface area (Å²) in [4.78, 5) is 13.4. The van der Waals surface area contributed by atoms with Crippen LogP contribution in [0.4, 0.5) is 18.9 Å². The Hall–Kier alpha value is -3.32. The van der Waals surface area contributed by atoms with Crippen LogP contribution in [0.1, 0.15) is 23.1 Å². The fraction of sp³-hybridized carbons (Fsp3) is 0.333. The Bertz CT molecular complexity index is 1330. The van der Waals surface area contributed by atoms with Crippen LogP contribution in [0.5, 0.6) is 0 Å². The molecule has 0 unspecified atom stereocenters. The Balaban J connectivity index is 1.55. The van der Waals surface area contributed by atoms with Crippen molar-refractivity contribution in [2.24, 2.45) is 17.8 Å². The van der Waals surface area contributed by atoms with Crippen molar-refractivity contribution in [3.8, 4) is 6.07 Å². The van der Waals surface area contributed by atoms with Crippen molar-refractivity contribution in [2.75, 3.05) is 10.8 Å². The van der Waals surface area contributed by atoms with E-state index in [1.54, 1.807) is 36.4 Å². The van der Waals surface area contributed by atoms with Gasteiger partial charge in [-0.05, 0) is 36.1 Å². The highest BCUT2D eigenvalue weighted by Gasteiger charge is 2.74. The number of hydrogen-bond acceptors (Lipinski definition) is 5. The molecule has 2 fully saturated rings. The van der Waals surface area contributed by atoms with E-state index in [0.717, 1.165) is 10.4 Å². The van der Waals surface area contributed by atoms with Crippen LogP contribution >= 0.6 is 0 Å². The number of hydrogen-bond donors (Lipinski definition) is 0. The van der Waals surface area contributed by atoms with Gasteiger partial charge in [0.15, 0.2) is 4.75 Å². The normalized spacial score (nSPS) is 28.5. The number of anilines is 1. The molecule has 0 aromatic heterocycles. The molecule has 2 aliphatic carbocycles. The van der Waals surface area contributed by atoms with Gasteiger partial charge < -0.3 is 4.74 Å². The molecule has 1 aliphatic heterocycles. The van der Waals surface area contributed by atoms with E-state index in [4.69, 9.17) is 10.00 Å². The molecule has 1 heterocycles. The summed E-state index contributed by atoms with van der Waals surface area (Å²) in [6.07, 6.45) is -0.796. The van der Waals surface area contributed by atoms with Crippen LogP contribution in [0.25, 0.3) is 0 Å². The lowest BCUT2D eigenvalue weighted by molar-refractivity contribution is -0.150. The first-order valence-electron chi connectivity index (χ1n) is 10.6. The van der Waals surface area contributed by atoms with Crippen LogP contribution in [-0.2, 0) is 32.3 Å². The van der Waals surface area contributed by atoms with Gasteiger partial charge in [0, 0.05) is 18.4 Å². The Morgan fingerprint density at radius 3 is 2.59 bits per heavy atom. The van der Waals surface area contributed by atoms with Crippen LogP contribution < -0.4 is 4.31 Å². The molecule has 2 bridgehead atoms. The number of halogens is 3. The van der Waals surface area contributed by atoms with E-state index in [0.29, 0.717) is 18.1 Å². The fourth-order valence-electron chi connectivity index (χ4n) is 5.56. The Kier molecular flexibility index (Phi) is 5.02. The molecule has 6 nitrogen and oxygen atoms in total. The number of alkyl halides is 3. The first kappa shape index (κ1) is 22.5. The number of allylic oxidation sites excluding steroid dienone is 2. The number of ether oxygens (including phenoxy) is 1. The lowest BCUT2D eigenvalue weighted by Crippen LogP contribution is -2.54. The number of nitrogens with zero attached hydrogens (tertiary/aromatic N) is 2. The maximum Gasteiger partial charge on any atom is 0.417 e. The van der Waals surface area contributed by atoms with Crippen molar-refractivity contribution in [3.63, 3.8) is 0 Å². The second-order valence-corrected chi connectivity index (χ2v) is 10.8. The molecule has 0 amide bonds. The van der Waals surface area contributed by atoms with Crippen molar-refractivity contribution in [3.05, 3.63) is 77.4 Å². The minimum Gasteiger partial charge on any atom is -0.460 e. The zero-order valence-corrected chi connectivity index (χ0v) is 18.5. The van der Waals surface area contributed by atoms with Gasteiger partial charge in [0.05, 0.1) is 22.9 Å². The third kappa shape index (κ3) is 3.06. The summed E-state index contributed by atoms with van der Waals surface area (Å²) in [6.45, 7) is -0.253. The van der Waals surface area contributed by atoms with Crippen LogP contribution in [0, 0.1) is 29.1 Å². The summed E-state index contributed by atoms with van der Waals surface area (Å²) >= 11 is 0. The molecular weight excluding hydrogens is 469 g/mol. The first-order valence-corrected chi connectivity index (χ1v) is 12.1. The monoisotopic (exact) mass is 488 g/mol. The van der Waals surface area contributed by atoms with Crippen molar-refractivity contribution in [1.29, 1.82) is 5.26 Å². The van der Waals surface area contributed by atoms with Gasteiger partial charge in [-0.2, -0.15) is 18.4 Å². The predicted octanol–water partition coefficient (Wildman–Crippen LogP) is 4.03. The fourth-order valence-corrected chi connectivity index (χ4v) is 8.13. The molecule has 10 heteroatoms. The van der Waals surface area contributed by atoms with Crippen LogP contribution in [-0.4, -0.2) is 25.7 Å². The van der Waals surface area contributed by atoms with Gasteiger partial charge in [0.1, 0.15) is 6.61 Å². The summed E-state index contributed by atoms with van der Waals surface area (Å²) in [5.74, 6) is -2.36. The van der Waals surface area contributed by atoms with Crippen molar-refractivity contribution in [2.45, 2.75) is 24.0 Å². The number of nitriles is 1. The van der Waals surface area contributed by atoms with Gasteiger partial charge in [0.25, 0.3) is 10.0 Å². The van der Waals surface area contributed by atoms with E-state index in [1.165, 1.54) is 12.1 Å². The first-order chi connectivity index (χ1) is 16.1. The number of carbonyl (C=O) groups is 1. The van der Waals surface area contributed by atoms with E-state index in [1.807, 2.05) is 6.08 Å². The molecule has 0 N–H and O–H groups in total. The maximum atomic E-state index is 13.9. The maximum absolute atomic E-state index is 13.9. The molecule has 5 rings (SSSR count).